The Morgan fingerprint density at radius 3 is 2.16 bits per heavy atom. The van der Waals surface area contributed by atoms with Crippen LogP contribution in [0.5, 0.6) is 0 Å². The fourth-order valence-electron chi connectivity index (χ4n) is 2.88. The van der Waals surface area contributed by atoms with Crippen LogP contribution >= 0.6 is 11.6 Å². The maximum Gasteiger partial charge on any atom is 0.417 e. The minimum Gasteiger partial charge on any atom is -0.367 e. The standard InChI is InChI=1S/C17H12ClF6N/c18-15-8-13(3-4-14(15)17(22,23)24)25-6-5-10-1-2-12(16(19,20)21)7-11(10)9-25/h1-4,7-8H,5-6,9H2. The van der Waals surface area contributed by atoms with E-state index in [9.17, 15) is 26.3 Å². The Hall–Kier alpha value is -1.89. The Morgan fingerprint density at radius 1 is 0.840 bits per heavy atom. The van der Waals surface area contributed by atoms with Gasteiger partial charge in [-0.3, -0.25) is 0 Å². The molecule has 134 valence electrons. The maximum absolute atomic E-state index is 12.8. The van der Waals surface area contributed by atoms with Crippen LogP contribution in [-0.2, 0) is 25.3 Å². The van der Waals surface area contributed by atoms with Crippen LogP contribution in [0.15, 0.2) is 36.4 Å². The Bertz CT molecular complexity index is 797. The molecule has 0 fully saturated rings. The lowest BCUT2D eigenvalue weighted by Gasteiger charge is -2.31. The zero-order valence-corrected chi connectivity index (χ0v) is 13.4. The van der Waals surface area contributed by atoms with Gasteiger partial charge in [0.25, 0.3) is 0 Å². The lowest BCUT2D eigenvalue weighted by Crippen LogP contribution is -2.30. The van der Waals surface area contributed by atoms with Crippen LogP contribution in [-0.4, -0.2) is 6.54 Å². The lowest BCUT2D eigenvalue weighted by molar-refractivity contribution is -0.138. The number of rotatable bonds is 1. The molecule has 2 aromatic rings. The van der Waals surface area contributed by atoms with Gasteiger partial charge in [-0.1, -0.05) is 17.7 Å². The number of fused-ring (bicyclic) bond motifs is 1. The molecule has 0 saturated heterocycles. The average Bonchev–Trinajstić information content (AvgIpc) is 2.51. The minimum atomic E-state index is -4.55. The largest absolute Gasteiger partial charge is 0.417 e. The predicted molar refractivity (Wildman–Crippen MR) is 82.7 cm³/mol. The number of alkyl halides is 6. The number of hydrogen-bond donors (Lipinski definition) is 0. The van der Waals surface area contributed by atoms with E-state index in [-0.39, 0.29) is 6.54 Å². The Morgan fingerprint density at radius 2 is 1.56 bits per heavy atom. The van der Waals surface area contributed by atoms with Gasteiger partial charge in [0.2, 0.25) is 0 Å². The zero-order chi connectivity index (χ0) is 18.4. The van der Waals surface area contributed by atoms with Crippen LogP contribution in [0.25, 0.3) is 0 Å². The molecule has 0 radical (unpaired) electrons. The molecule has 1 aliphatic heterocycles. The Kier molecular flexibility index (Phi) is 4.39. The van der Waals surface area contributed by atoms with Crippen molar-refractivity contribution in [2.75, 3.05) is 11.4 Å². The third-order valence-electron chi connectivity index (χ3n) is 4.17. The zero-order valence-electron chi connectivity index (χ0n) is 12.7. The maximum atomic E-state index is 12.8. The molecule has 8 heteroatoms. The van der Waals surface area contributed by atoms with E-state index in [1.54, 1.807) is 4.90 Å². The van der Waals surface area contributed by atoms with Gasteiger partial charge < -0.3 is 4.90 Å². The van der Waals surface area contributed by atoms with E-state index in [4.69, 9.17) is 11.6 Å². The molecule has 0 spiro atoms. The quantitative estimate of drug-likeness (QED) is 0.554. The molecular formula is C17H12ClF6N. The second-order valence-corrected chi connectivity index (χ2v) is 6.22. The van der Waals surface area contributed by atoms with Crippen molar-refractivity contribution in [3.8, 4) is 0 Å². The highest BCUT2D eigenvalue weighted by atomic mass is 35.5. The summed E-state index contributed by atoms with van der Waals surface area (Å²) in [6.45, 7) is 0.668. The summed E-state index contributed by atoms with van der Waals surface area (Å²) in [7, 11) is 0. The molecule has 0 saturated carbocycles. The second-order valence-electron chi connectivity index (χ2n) is 5.81. The predicted octanol–water partition coefficient (Wildman–Crippen LogP) is 5.94. The topological polar surface area (TPSA) is 3.24 Å². The lowest BCUT2D eigenvalue weighted by atomic mass is 9.96. The molecule has 2 aromatic carbocycles. The van der Waals surface area contributed by atoms with Crippen LogP contribution in [0, 0.1) is 0 Å². The van der Waals surface area contributed by atoms with Crippen molar-refractivity contribution in [2.45, 2.75) is 25.3 Å². The number of halogens is 7. The van der Waals surface area contributed by atoms with Crippen molar-refractivity contribution in [3.05, 3.63) is 63.7 Å². The first kappa shape index (κ1) is 17.9. The summed E-state index contributed by atoms with van der Waals surface area (Å²) in [6, 6.07) is 6.96. The van der Waals surface area contributed by atoms with Gasteiger partial charge in [-0.2, -0.15) is 26.3 Å². The van der Waals surface area contributed by atoms with Crippen LogP contribution in [0.4, 0.5) is 32.0 Å². The molecule has 0 unspecified atom stereocenters. The van der Waals surface area contributed by atoms with Crippen LogP contribution < -0.4 is 4.90 Å². The van der Waals surface area contributed by atoms with Gasteiger partial charge in [0.15, 0.2) is 0 Å². The highest BCUT2D eigenvalue weighted by molar-refractivity contribution is 6.31. The number of nitrogens with zero attached hydrogens (tertiary/aromatic N) is 1. The summed E-state index contributed by atoms with van der Waals surface area (Å²) in [5, 5.41) is -0.431. The SMILES string of the molecule is FC(F)(F)c1ccc2c(c1)CN(c1ccc(C(F)(F)F)c(Cl)c1)CC2. The van der Waals surface area contributed by atoms with Crippen molar-refractivity contribution >= 4 is 17.3 Å². The van der Waals surface area contributed by atoms with Crippen LogP contribution in [0.1, 0.15) is 22.3 Å². The van der Waals surface area contributed by atoms with Crippen molar-refractivity contribution < 1.29 is 26.3 Å². The molecule has 0 amide bonds. The number of benzene rings is 2. The summed E-state index contributed by atoms with van der Waals surface area (Å²) in [6.07, 6.45) is -8.48. The van der Waals surface area contributed by atoms with Gasteiger partial charge >= 0.3 is 12.4 Å². The smallest absolute Gasteiger partial charge is 0.367 e. The van der Waals surface area contributed by atoms with Crippen molar-refractivity contribution in [1.82, 2.24) is 0 Å². The highest BCUT2D eigenvalue weighted by Gasteiger charge is 2.34. The molecule has 0 atom stereocenters. The summed E-state index contributed by atoms with van der Waals surface area (Å²) in [5.74, 6) is 0. The molecule has 0 aliphatic carbocycles. The molecule has 0 N–H and O–H groups in total. The summed E-state index contributed by atoms with van der Waals surface area (Å²) < 4.78 is 76.9. The minimum absolute atomic E-state index is 0.181. The van der Waals surface area contributed by atoms with Crippen molar-refractivity contribution in [3.63, 3.8) is 0 Å². The van der Waals surface area contributed by atoms with E-state index < -0.39 is 28.5 Å². The number of hydrogen-bond acceptors (Lipinski definition) is 1. The first-order chi connectivity index (χ1) is 11.6. The highest BCUT2D eigenvalue weighted by Crippen LogP contribution is 2.38. The van der Waals surface area contributed by atoms with Gasteiger partial charge in [0.1, 0.15) is 0 Å². The van der Waals surface area contributed by atoms with Crippen LogP contribution in [0.3, 0.4) is 0 Å². The fraction of sp³-hybridized carbons (Fsp3) is 0.294. The third-order valence-corrected chi connectivity index (χ3v) is 4.48. The van der Waals surface area contributed by atoms with E-state index >= 15 is 0 Å². The Balaban J connectivity index is 1.89. The number of anilines is 1. The van der Waals surface area contributed by atoms with E-state index in [1.165, 1.54) is 18.2 Å². The first-order valence-corrected chi connectivity index (χ1v) is 7.74. The molecule has 0 bridgehead atoms. The van der Waals surface area contributed by atoms with E-state index in [0.29, 0.717) is 24.2 Å². The second kappa shape index (κ2) is 6.12. The monoisotopic (exact) mass is 379 g/mol. The van der Waals surface area contributed by atoms with Crippen molar-refractivity contribution in [1.29, 1.82) is 0 Å². The van der Waals surface area contributed by atoms with Crippen LogP contribution in [0.2, 0.25) is 5.02 Å². The van der Waals surface area contributed by atoms with E-state index in [2.05, 4.69) is 0 Å². The molecule has 0 aromatic heterocycles. The molecule has 1 heterocycles. The molecular weight excluding hydrogens is 368 g/mol. The Labute approximate surface area is 144 Å². The molecule has 1 aliphatic rings. The summed E-state index contributed by atoms with van der Waals surface area (Å²) in [5.41, 5.74) is 0.0913. The van der Waals surface area contributed by atoms with Gasteiger partial charge in [0.05, 0.1) is 16.1 Å². The average molecular weight is 380 g/mol. The summed E-state index contributed by atoms with van der Waals surface area (Å²) >= 11 is 5.72. The third kappa shape index (κ3) is 3.71. The first-order valence-electron chi connectivity index (χ1n) is 7.36. The van der Waals surface area contributed by atoms with Gasteiger partial charge in [-0.25, -0.2) is 0 Å². The molecule has 25 heavy (non-hydrogen) atoms. The normalized spacial score (nSPS) is 15.2. The fourth-order valence-corrected chi connectivity index (χ4v) is 3.17. The van der Waals surface area contributed by atoms with E-state index in [0.717, 1.165) is 23.8 Å². The summed E-state index contributed by atoms with van der Waals surface area (Å²) in [4.78, 5) is 1.72. The van der Waals surface area contributed by atoms with Gasteiger partial charge in [-0.05, 0) is 47.9 Å². The van der Waals surface area contributed by atoms with Gasteiger partial charge in [-0.15, -0.1) is 0 Å². The molecule has 1 nitrogen and oxygen atoms in total. The molecule has 3 rings (SSSR count). The van der Waals surface area contributed by atoms with E-state index in [1.807, 2.05) is 0 Å². The van der Waals surface area contributed by atoms with Crippen molar-refractivity contribution in [2.24, 2.45) is 0 Å². The van der Waals surface area contributed by atoms with Gasteiger partial charge in [0, 0.05) is 18.8 Å².